The van der Waals surface area contributed by atoms with Crippen molar-refractivity contribution >= 4 is 17.4 Å². The molecule has 17 heavy (non-hydrogen) atoms. The molecule has 0 unspecified atom stereocenters. The molecule has 0 bridgehead atoms. The molecule has 2 heterocycles. The number of carbonyl (C=O) groups is 1. The number of pyridine rings is 1. The number of nitrogens with one attached hydrogen (secondary N) is 2. The van der Waals surface area contributed by atoms with Gasteiger partial charge in [0.1, 0.15) is 0 Å². The van der Waals surface area contributed by atoms with Crippen LogP contribution in [0.25, 0.3) is 0 Å². The molecule has 1 aliphatic rings. The minimum atomic E-state index is 0.0626. The third kappa shape index (κ3) is 2.94. The fourth-order valence-corrected chi connectivity index (χ4v) is 1.81. The molecular weight excluding hydrogens is 216 g/mol. The molecule has 2 N–H and O–H groups in total. The van der Waals surface area contributed by atoms with E-state index in [1.54, 1.807) is 6.20 Å². The Kier molecular flexibility index (Phi) is 3.58. The van der Waals surface area contributed by atoms with Crippen LogP contribution in [-0.4, -0.2) is 38.1 Å². The van der Waals surface area contributed by atoms with Gasteiger partial charge in [-0.15, -0.1) is 0 Å². The lowest BCUT2D eigenvalue weighted by atomic mass is 9.99. The van der Waals surface area contributed by atoms with Gasteiger partial charge in [0.15, 0.2) is 5.82 Å². The van der Waals surface area contributed by atoms with Crippen LogP contribution in [0.3, 0.4) is 0 Å². The van der Waals surface area contributed by atoms with Gasteiger partial charge in [-0.3, -0.25) is 4.79 Å². The molecule has 1 fully saturated rings. The van der Waals surface area contributed by atoms with Crippen molar-refractivity contribution in [3.05, 3.63) is 18.3 Å². The van der Waals surface area contributed by atoms with E-state index in [0.717, 1.165) is 24.6 Å². The highest BCUT2D eigenvalue weighted by Crippen LogP contribution is 2.21. The molecule has 5 heteroatoms. The highest BCUT2D eigenvalue weighted by atomic mass is 16.1. The standard InChI is InChI=1S/C12H18N4O/c1-16(2)12-10(4-3-5-14-12)15-11(17)6-9-7-13-8-9/h3-5,9,13H,6-8H2,1-2H3,(H,15,17). The molecule has 2 rings (SSSR count). The first-order valence-electron chi connectivity index (χ1n) is 5.79. The molecule has 0 aromatic carbocycles. The number of carbonyl (C=O) groups excluding carboxylic acids is 1. The largest absolute Gasteiger partial charge is 0.361 e. The molecule has 1 saturated heterocycles. The Morgan fingerprint density at radius 1 is 1.59 bits per heavy atom. The second-order valence-corrected chi connectivity index (χ2v) is 4.55. The summed E-state index contributed by atoms with van der Waals surface area (Å²) in [6.07, 6.45) is 2.30. The monoisotopic (exact) mass is 234 g/mol. The minimum Gasteiger partial charge on any atom is -0.361 e. The van der Waals surface area contributed by atoms with Gasteiger partial charge in [0.25, 0.3) is 0 Å². The zero-order valence-corrected chi connectivity index (χ0v) is 10.2. The van der Waals surface area contributed by atoms with Gasteiger partial charge in [-0.25, -0.2) is 4.98 Å². The number of anilines is 2. The van der Waals surface area contributed by atoms with Crippen molar-refractivity contribution in [1.82, 2.24) is 10.3 Å². The molecule has 0 saturated carbocycles. The van der Waals surface area contributed by atoms with E-state index in [9.17, 15) is 4.79 Å². The molecule has 1 aromatic rings. The fraction of sp³-hybridized carbons (Fsp3) is 0.500. The third-order valence-electron chi connectivity index (χ3n) is 2.82. The van der Waals surface area contributed by atoms with Crippen LogP contribution in [0.2, 0.25) is 0 Å². The first kappa shape index (κ1) is 11.9. The van der Waals surface area contributed by atoms with Crippen LogP contribution in [-0.2, 0) is 4.79 Å². The molecule has 1 aromatic heterocycles. The average Bonchev–Trinajstić information content (AvgIpc) is 2.24. The molecular formula is C12H18N4O. The summed E-state index contributed by atoms with van der Waals surface area (Å²) < 4.78 is 0. The Morgan fingerprint density at radius 2 is 2.35 bits per heavy atom. The first-order chi connectivity index (χ1) is 8.16. The zero-order chi connectivity index (χ0) is 12.3. The van der Waals surface area contributed by atoms with Gasteiger partial charge >= 0.3 is 0 Å². The van der Waals surface area contributed by atoms with Crippen LogP contribution in [0.1, 0.15) is 6.42 Å². The number of amides is 1. The second-order valence-electron chi connectivity index (χ2n) is 4.55. The Morgan fingerprint density at radius 3 is 2.94 bits per heavy atom. The van der Waals surface area contributed by atoms with Crippen molar-refractivity contribution in [1.29, 1.82) is 0 Å². The Hall–Kier alpha value is -1.62. The summed E-state index contributed by atoms with van der Waals surface area (Å²) in [6.45, 7) is 1.89. The Labute approximate surface area is 101 Å². The predicted octanol–water partition coefficient (Wildman–Crippen LogP) is 0.696. The number of rotatable bonds is 4. The summed E-state index contributed by atoms with van der Waals surface area (Å²) in [6, 6.07) is 3.70. The number of nitrogens with zero attached hydrogens (tertiary/aromatic N) is 2. The Bertz CT molecular complexity index is 401. The van der Waals surface area contributed by atoms with Crippen molar-refractivity contribution in [3.63, 3.8) is 0 Å². The lowest BCUT2D eigenvalue weighted by molar-refractivity contribution is -0.117. The SMILES string of the molecule is CN(C)c1ncccc1NC(=O)CC1CNC1. The van der Waals surface area contributed by atoms with Gasteiger partial charge in [-0.05, 0) is 31.1 Å². The topological polar surface area (TPSA) is 57.3 Å². The van der Waals surface area contributed by atoms with Crippen molar-refractivity contribution in [2.45, 2.75) is 6.42 Å². The van der Waals surface area contributed by atoms with Crippen LogP contribution in [0, 0.1) is 5.92 Å². The lowest BCUT2D eigenvalue weighted by Gasteiger charge is -2.26. The highest BCUT2D eigenvalue weighted by molar-refractivity contribution is 5.93. The maximum absolute atomic E-state index is 11.8. The molecule has 0 atom stereocenters. The molecule has 92 valence electrons. The van der Waals surface area contributed by atoms with Gasteiger partial charge in [-0.2, -0.15) is 0 Å². The van der Waals surface area contributed by atoms with E-state index < -0.39 is 0 Å². The summed E-state index contributed by atoms with van der Waals surface area (Å²) in [7, 11) is 3.82. The fourth-order valence-electron chi connectivity index (χ4n) is 1.81. The summed E-state index contributed by atoms with van der Waals surface area (Å²) in [5, 5.41) is 6.08. The number of aromatic nitrogens is 1. The van der Waals surface area contributed by atoms with E-state index in [-0.39, 0.29) is 5.91 Å². The molecule has 1 aliphatic heterocycles. The van der Waals surface area contributed by atoms with Gasteiger partial charge in [0.2, 0.25) is 5.91 Å². The molecule has 0 aliphatic carbocycles. The summed E-state index contributed by atoms with van der Waals surface area (Å²) >= 11 is 0. The van der Waals surface area contributed by atoms with E-state index >= 15 is 0 Å². The molecule has 0 spiro atoms. The zero-order valence-electron chi connectivity index (χ0n) is 10.2. The minimum absolute atomic E-state index is 0.0626. The Balaban J connectivity index is 1.99. The van der Waals surface area contributed by atoms with Crippen LogP contribution < -0.4 is 15.5 Å². The first-order valence-corrected chi connectivity index (χ1v) is 5.79. The second kappa shape index (κ2) is 5.14. The molecule has 0 radical (unpaired) electrons. The van der Waals surface area contributed by atoms with Crippen molar-refractivity contribution in [2.24, 2.45) is 5.92 Å². The van der Waals surface area contributed by atoms with E-state index in [4.69, 9.17) is 0 Å². The van der Waals surface area contributed by atoms with Crippen molar-refractivity contribution in [2.75, 3.05) is 37.4 Å². The van der Waals surface area contributed by atoms with Crippen molar-refractivity contribution < 1.29 is 4.79 Å². The van der Waals surface area contributed by atoms with E-state index in [2.05, 4.69) is 15.6 Å². The van der Waals surface area contributed by atoms with Gasteiger partial charge < -0.3 is 15.5 Å². The lowest BCUT2D eigenvalue weighted by Crippen LogP contribution is -2.43. The van der Waals surface area contributed by atoms with Crippen molar-refractivity contribution in [3.8, 4) is 0 Å². The molecule has 5 nitrogen and oxygen atoms in total. The molecule has 1 amide bonds. The van der Waals surface area contributed by atoms with E-state index in [1.807, 2.05) is 31.1 Å². The van der Waals surface area contributed by atoms with Gasteiger partial charge in [0.05, 0.1) is 5.69 Å². The summed E-state index contributed by atoms with van der Waals surface area (Å²) in [5.41, 5.74) is 0.773. The summed E-state index contributed by atoms with van der Waals surface area (Å²) in [5.74, 6) is 1.33. The maximum atomic E-state index is 11.8. The third-order valence-corrected chi connectivity index (χ3v) is 2.82. The smallest absolute Gasteiger partial charge is 0.224 e. The summed E-state index contributed by atoms with van der Waals surface area (Å²) in [4.78, 5) is 17.9. The average molecular weight is 234 g/mol. The maximum Gasteiger partial charge on any atom is 0.224 e. The quantitative estimate of drug-likeness (QED) is 0.805. The van der Waals surface area contributed by atoms with Crippen LogP contribution in [0.15, 0.2) is 18.3 Å². The van der Waals surface area contributed by atoms with Crippen LogP contribution >= 0.6 is 0 Å². The van der Waals surface area contributed by atoms with Gasteiger partial charge in [-0.1, -0.05) is 0 Å². The van der Waals surface area contributed by atoms with Crippen LogP contribution in [0.5, 0.6) is 0 Å². The van der Waals surface area contributed by atoms with E-state index in [1.165, 1.54) is 0 Å². The predicted molar refractivity (Wildman–Crippen MR) is 68.2 cm³/mol. The van der Waals surface area contributed by atoms with Gasteiger partial charge in [0, 0.05) is 26.7 Å². The number of hydrogen-bond acceptors (Lipinski definition) is 4. The van der Waals surface area contributed by atoms with E-state index in [0.29, 0.717) is 12.3 Å². The number of hydrogen-bond donors (Lipinski definition) is 2. The highest BCUT2D eigenvalue weighted by Gasteiger charge is 2.20. The van der Waals surface area contributed by atoms with Crippen LogP contribution in [0.4, 0.5) is 11.5 Å². The normalized spacial score (nSPS) is 15.2.